The van der Waals surface area contributed by atoms with Crippen molar-refractivity contribution in [3.05, 3.63) is 89.5 Å². The molecule has 1 heterocycles. The van der Waals surface area contributed by atoms with Crippen molar-refractivity contribution < 1.29 is 63.6 Å². The fraction of sp³-hybridized carbons (Fsp3) is 0.518. The maximum Gasteiger partial charge on any atom is 0.326 e. The number of nitrogens with zero attached hydrogens (tertiary/aromatic N) is 1. The highest BCUT2D eigenvalue weighted by molar-refractivity contribution is 5.98. The molecule has 0 unspecified atom stereocenters. The van der Waals surface area contributed by atoms with E-state index < -0.39 is 120 Å². The Morgan fingerprint density at radius 2 is 0.962 bits per heavy atom. The molecule has 3 aromatic carbocycles. The summed E-state index contributed by atoms with van der Waals surface area (Å²) in [6.45, 7) is 13.5. The highest BCUT2D eigenvalue weighted by Crippen LogP contribution is 2.22. The van der Waals surface area contributed by atoms with Crippen molar-refractivity contribution in [2.75, 3.05) is 13.1 Å². The second kappa shape index (κ2) is 29.7. The van der Waals surface area contributed by atoms with Crippen LogP contribution >= 0.6 is 0 Å². The lowest BCUT2D eigenvalue weighted by molar-refractivity contribution is -0.143. The second-order valence-electron chi connectivity index (χ2n) is 21.5. The number of amides is 8. The largest absolute Gasteiger partial charge is 0.508 e. The van der Waals surface area contributed by atoms with Gasteiger partial charge >= 0.3 is 5.97 Å². The van der Waals surface area contributed by atoms with E-state index in [0.717, 1.165) is 0 Å². The third-order valence-corrected chi connectivity index (χ3v) is 13.2. The molecule has 1 saturated heterocycles. The minimum Gasteiger partial charge on any atom is -0.508 e. The molecule has 4 rings (SSSR count). The Morgan fingerprint density at radius 3 is 1.42 bits per heavy atom. The molecular weight excluding hydrogens is 1010 g/mol. The molecule has 8 amide bonds. The van der Waals surface area contributed by atoms with Crippen molar-refractivity contribution in [2.24, 2.45) is 29.4 Å². The van der Waals surface area contributed by atoms with E-state index in [2.05, 4.69) is 37.2 Å². The van der Waals surface area contributed by atoms with E-state index in [1.54, 1.807) is 64.1 Å². The maximum absolute atomic E-state index is 14.6. The number of hydrogen-bond acceptors (Lipinski definition) is 13. The van der Waals surface area contributed by atoms with Crippen LogP contribution in [0.2, 0.25) is 0 Å². The highest BCUT2D eigenvalue weighted by atomic mass is 16.4. The van der Waals surface area contributed by atoms with E-state index in [9.17, 15) is 63.6 Å². The summed E-state index contributed by atoms with van der Waals surface area (Å²) in [6.07, 6.45) is 0.829. The lowest BCUT2D eigenvalue weighted by atomic mass is 9.99. The molecule has 78 heavy (non-hydrogen) atoms. The SMILES string of the molecule is CC(C)C[C@H](NC(=O)[C@@H](N)CC(C)C)C(=O)N[C@@H](Cc1ccc(O)cc1)C(=O)NCC(=O)N[C@@H](Cc1ccc(O)cc1)C(=O)N1CCC[C@H]1C(=O)N[C@H](C(=O)N[C@@H](Cc1ccc(O)cc1)C(=O)N[C@H](C(=O)O)C(C)C)C(C)C. The third kappa shape index (κ3) is 19.7. The summed E-state index contributed by atoms with van der Waals surface area (Å²) in [5.41, 5.74) is 7.72. The van der Waals surface area contributed by atoms with Crippen LogP contribution in [-0.4, -0.2) is 140 Å². The standard InChI is InChI=1S/C56H79N9O13/c1-30(2)24-40(57)49(70)60-41(25-31(3)4)51(72)61-42(26-34-11-17-37(66)18-12-34)50(71)58-29-46(69)59-44(28-36-15-21-39(68)22-16-36)55(76)65-23-9-10-45(65)53(74)63-47(32(5)6)54(75)62-43(27-35-13-19-38(67)20-14-35)52(73)64-48(33(7)8)56(77)78/h11-22,30-33,40-45,47-48,66-68H,9-10,23-29,57H2,1-8H3,(H,58,71)(H,59,69)(H,60,70)(H,61,72)(H,62,75)(H,63,74)(H,64,73)(H,77,78)/t40-,41-,42-,43-,44-,45-,47-,48-/m0/s1. The van der Waals surface area contributed by atoms with Gasteiger partial charge in [-0.05, 0) is 102 Å². The van der Waals surface area contributed by atoms with Crippen LogP contribution in [0, 0.1) is 23.7 Å². The first-order chi connectivity index (χ1) is 36.7. The average molecular weight is 1090 g/mol. The van der Waals surface area contributed by atoms with Gasteiger partial charge in [0.1, 0.15) is 59.5 Å². The molecule has 0 bridgehead atoms. The van der Waals surface area contributed by atoms with Gasteiger partial charge in [-0.25, -0.2) is 4.79 Å². The number of likely N-dealkylation sites (tertiary alicyclic amines) is 1. The molecule has 426 valence electrons. The van der Waals surface area contributed by atoms with Gasteiger partial charge in [-0.1, -0.05) is 91.8 Å². The molecule has 1 aliphatic heterocycles. The Labute approximate surface area is 455 Å². The molecule has 22 nitrogen and oxygen atoms in total. The minimum atomic E-state index is -1.33. The van der Waals surface area contributed by atoms with Crippen molar-refractivity contribution in [3.63, 3.8) is 0 Å². The molecule has 0 radical (unpaired) electrons. The van der Waals surface area contributed by atoms with Gasteiger partial charge < -0.3 is 68.3 Å². The van der Waals surface area contributed by atoms with Gasteiger partial charge in [0.15, 0.2) is 0 Å². The fourth-order valence-corrected chi connectivity index (χ4v) is 8.94. The molecule has 0 saturated carbocycles. The van der Waals surface area contributed by atoms with Crippen molar-refractivity contribution in [3.8, 4) is 17.2 Å². The summed E-state index contributed by atoms with van der Waals surface area (Å²) in [5.74, 6) is -8.15. The number of carbonyl (C=O) groups excluding carboxylic acids is 8. The number of carbonyl (C=O) groups is 9. The molecule has 0 aliphatic carbocycles. The zero-order chi connectivity index (χ0) is 58.0. The van der Waals surface area contributed by atoms with Gasteiger partial charge in [0.25, 0.3) is 0 Å². The number of rotatable bonds is 28. The predicted molar refractivity (Wildman–Crippen MR) is 289 cm³/mol. The number of aromatic hydroxyl groups is 3. The van der Waals surface area contributed by atoms with Gasteiger partial charge in [-0.15, -0.1) is 0 Å². The van der Waals surface area contributed by atoms with Crippen molar-refractivity contribution in [2.45, 2.75) is 149 Å². The number of hydrogen-bond donors (Lipinski definition) is 12. The predicted octanol–water partition coefficient (Wildman–Crippen LogP) is 1.66. The average Bonchev–Trinajstić information content (AvgIpc) is 3.88. The van der Waals surface area contributed by atoms with Crippen molar-refractivity contribution in [1.82, 2.24) is 42.1 Å². The maximum atomic E-state index is 14.6. The zero-order valence-electron chi connectivity index (χ0n) is 45.7. The first-order valence-corrected chi connectivity index (χ1v) is 26.4. The van der Waals surface area contributed by atoms with Crippen molar-refractivity contribution >= 4 is 53.2 Å². The Bertz CT molecular complexity index is 2540. The van der Waals surface area contributed by atoms with Gasteiger partial charge in [-0.2, -0.15) is 0 Å². The topological polar surface area (TPSA) is 348 Å². The number of carboxylic acid groups (broad SMARTS) is 1. The van der Waals surface area contributed by atoms with E-state index in [4.69, 9.17) is 5.73 Å². The van der Waals surface area contributed by atoms with Crippen LogP contribution in [0.25, 0.3) is 0 Å². The molecule has 1 aliphatic rings. The normalized spacial score (nSPS) is 16.0. The Kier molecular flexibility index (Phi) is 23.9. The number of nitrogens with one attached hydrogen (secondary N) is 7. The molecule has 0 aromatic heterocycles. The summed E-state index contributed by atoms with van der Waals surface area (Å²) in [4.78, 5) is 125. The summed E-state index contributed by atoms with van der Waals surface area (Å²) >= 11 is 0. The fourth-order valence-electron chi connectivity index (χ4n) is 8.94. The lowest BCUT2D eigenvalue weighted by Gasteiger charge is -2.31. The second-order valence-corrected chi connectivity index (χ2v) is 21.5. The summed E-state index contributed by atoms with van der Waals surface area (Å²) < 4.78 is 0. The minimum absolute atomic E-state index is 0.0332. The number of phenols is 3. The molecule has 1 fully saturated rings. The van der Waals surface area contributed by atoms with E-state index >= 15 is 0 Å². The van der Waals surface area contributed by atoms with Crippen LogP contribution < -0.4 is 43.0 Å². The van der Waals surface area contributed by atoms with E-state index in [0.29, 0.717) is 29.5 Å². The number of carboxylic acids is 1. The monoisotopic (exact) mass is 1090 g/mol. The first kappa shape index (κ1) is 62.8. The molecule has 13 N–H and O–H groups in total. The van der Waals surface area contributed by atoms with Gasteiger partial charge in [0, 0.05) is 25.8 Å². The Morgan fingerprint density at radius 1 is 0.526 bits per heavy atom. The number of aliphatic carboxylic acids is 1. The zero-order valence-corrected chi connectivity index (χ0v) is 45.7. The Balaban J connectivity index is 1.54. The van der Waals surface area contributed by atoms with Crippen LogP contribution in [0.5, 0.6) is 17.2 Å². The van der Waals surface area contributed by atoms with Crippen LogP contribution in [0.3, 0.4) is 0 Å². The molecule has 3 aromatic rings. The summed E-state index contributed by atoms with van der Waals surface area (Å²) in [5, 5.41) is 58.1. The molecule has 0 spiro atoms. The Hall–Kier alpha value is -7.75. The number of nitrogens with two attached hydrogens (primary N) is 1. The van der Waals surface area contributed by atoms with Gasteiger partial charge in [0.05, 0.1) is 12.6 Å². The quantitative estimate of drug-likeness (QED) is 0.0492. The molecular formula is C56H79N9O13. The summed E-state index contributed by atoms with van der Waals surface area (Å²) in [7, 11) is 0. The van der Waals surface area contributed by atoms with Crippen LogP contribution in [0.1, 0.15) is 97.8 Å². The first-order valence-electron chi connectivity index (χ1n) is 26.4. The van der Waals surface area contributed by atoms with Gasteiger partial charge in [0.2, 0.25) is 47.3 Å². The van der Waals surface area contributed by atoms with Crippen molar-refractivity contribution in [1.29, 1.82) is 0 Å². The van der Waals surface area contributed by atoms with Crippen LogP contribution in [-0.2, 0) is 62.4 Å². The third-order valence-electron chi connectivity index (χ3n) is 13.2. The number of phenolic OH excluding ortho intramolecular Hbond substituents is 3. The van der Waals surface area contributed by atoms with Gasteiger partial charge in [-0.3, -0.25) is 38.4 Å². The van der Waals surface area contributed by atoms with Crippen LogP contribution in [0.15, 0.2) is 72.8 Å². The summed E-state index contributed by atoms with van der Waals surface area (Å²) in [6, 6.07) is 8.16. The highest BCUT2D eigenvalue weighted by Gasteiger charge is 2.40. The molecule has 22 heteroatoms. The van der Waals surface area contributed by atoms with E-state index in [1.165, 1.54) is 41.3 Å². The smallest absolute Gasteiger partial charge is 0.326 e. The number of benzene rings is 3. The molecule has 8 atom stereocenters. The lowest BCUT2D eigenvalue weighted by Crippen LogP contribution is -2.60. The van der Waals surface area contributed by atoms with Crippen LogP contribution in [0.4, 0.5) is 0 Å². The van der Waals surface area contributed by atoms with E-state index in [1.807, 2.05) is 27.7 Å². The van der Waals surface area contributed by atoms with E-state index in [-0.39, 0.29) is 67.7 Å².